The summed E-state index contributed by atoms with van der Waals surface area (Å²) in [7, 11) is 0. The first-order valence-corrected chi connectivity index (χ1v) is 9.19. The van der Waals surface area contributed by atoms with Gasteiger partial charge in [0.1, 0.15) is 0 Å². The molecule has 3 aliphatic heterocycles. The Hall–Kier alpha value is -1.92. The summed E-state index contributed by atoms with van der Waals surface area (Å²) in [6, 6.07) is 8.07. The molecule has 2 amide bonds. The second kappa shape index (κ2) is 7.14. The van der Waals surface area contributed by atoms with E-state index in [9.17, 15) is 9.59 Å². The second-order valence-electron chi connectivity index (χ2n) is 7.06. The van der Waals surface area contributed by atoms with Crippen LogP contribution in [-0.2, 0) is 20.7 Å². The molecule has 1 aromatic carbocycles. The van der Waals surface area contributed by atoms with Crippen molar-refractivity contribution in [3.8, 4) is 0 Å². The maximum absolute atomic E-state index is 12.9. The van der Waals surface area contributed by atoms with E-state index in [1.807, 2.05) is 28.0 Å². The highest BCUT2D eigenvalue weighted by molar-refractivity contribution is 6.00. The number of amides is 2. The van der Waals surface area contributed by atoms with Gasteiger partial charge >= 0.3 is 0 Å². The average molecular weight is 343 g/mol. The number of morpholine rings is 1. The molecule has 0 aliphatic carbocycles. The highest BCUT2D eigenvalue weighted by Crippen LogP contribution is 2.30. The molecule has 1 aromatic rings. The standard InChI is InChI=1S/C19H25N3O3/c23-18-13-16(14-21(18)8-7-20-9-11-25-12-10-20)19(24)22-6-5-15-3-1-2-4-17(15)22/h1-4,16H,5-14H2. The van der Waals surface area contributed by atoms with Gasteiger partial charge in [-0.25, -0.2) is 0 Å². The summed E-state index contributed by atoms with van der Waals surface area (Å²) >= 11 is 0. The van der Waals surface area contributed by atoms with Crippen LogP contribution in [0.25, 0.3) is 0 Å². The molecule has 4 rings (SSSR count). The van der Waals surface area contributed by atoms with Gasteiger partial charge in [0.25, 0.3) is 0 Å². The zero-order valence-corrected chi connectivity index (χ0v) is 14.5. The fraction of sp³-hybridized carbons (Fsp3) is 0.579. The molecule has 6 nitrogen and oxygen atoms in total. The lowest BCUT2D eigenvalue weighted by Crippen LogP contribution is -2.42. The van der Waals surface area contributed by atoms with Crippen LogP contribution in [0.5, 0.6) is 0 Å². The van der Waals surface area contributed by atoms with Gasteiger partial charge in [0, 0.05) is 51.4 Å². The van der Waals surface area contributed by atoms with Crippen molar-refractivity contribution in [2.24, 2.45) is 5.92 Å². The Balaban J connectivity index is 1.35. The van der Waals surface area contributed by atoms with Gasteiger partial charge in [-0.3, -0.25) is 14.5 Å². The van der Waals surface area contributed by atoms with Crippen LogP contribution in [0.4, 0.5) is 5.69 Å². The number of carbonyl (C=O) groups is 2. The number of rotatable bonds is 4. The molecule has 3 aliphatic rings. The number of anilines is 1. The number of benzene rings is 1. The summed E-state index contributed by atoms with van der Waals surface area (Å²) in [6.07, 6.45) is 1.25. The van der Waals surface area contributed by atoms with Crippen LogP contribution in [0.3, 0.4) is 0 Å². The zero-order valence-electron chi connectivity index (χ0n) is 14.5. The lowest BCUT2D eigenvalue weighted by atomic mass is 10.1. The van der Waals surface area contributed by atoms with Crippen molar-refractivity contribution >= 4 is 17.5 Å². The minimum Gasteiger partial charge on any atom is -0.379 e. The van der Waals surface area contributed by atoms with E-state index in [1.54, 1.807) is 0 Å². The molecule has 0 radical (unpaired) electrons. The van der Waals surface area contributed by atoms with Gasteiger partial charge in [-0.05, 0) is 18.1 Å². The molecule has 6 heteroatoms. The third-order valence-electron chi connectivity index (χ3n) is 5.51. The van der Waals surface area contributed by atoms with Crippen LogP contribution in [0, 0.1) is 5.92 Å². The van der Waals surface area contributed by atoms with Crippen molar-refractivity contribution in [2.45, 2.75) is 12.8 Å². The molecule has 1 atom stereocenters. The number of hydrogen-bond donors (Lipinski definition) is 0. The number of likely N-dealkylation sites (tertiary alicyclic amines) is 1. The summed E-state index contributed by atoms with van der Waals surface area (Å²) in [4.78, 5) is 31.3. The predicted octanol–water partition coefficient (Wildman–Crippen LogP) is 0.756. The van der Waals surface area contributed by atoms with Gasteiger partial charge in [-0.1, -0.05) is 18.2 Å². The van der Waals surface area contributed by atoms with E-state index in [-0.39, 0.29) is 17.7 Å². The predicted molar refractivity (Wildman–Crippen MR) is 94.4 cm³/mol. The van der Waals surface area contributed by atoms with Crippen molar-refractivity contribution in [3.05, 3.63) is 29.8 Å². The molecular weight excluding hydrogens is 318 g/mol. The van der Waals surface area contributed by atoms with E-state index in [2.05, 4.69) is 11.0 Å². The first-order chi connectivity index (χ1) is 12.2. The van der Waals surface area contributed by atoms with Crippen molar-refractivity contribution in [1.29, 1.82) is 0 Å². The average Bonchev–Trinajstić information content (AvgIpc) is 3.24. The van der Waals surface area contributed by atoms with E-state index in [0.29, 0.717) is 19.5 Å². The number of fused-ring (bicyclic) bond motifs is 1. The van der Waals surface area contributed by atoms with E-state index in [4.69, 9.17) is 4.74 Å². The van der Waals surface area contributed by atoms with Crippen molar-refractivity contribution in [1.82, 2.24) is 9.80 Å². The van der Waals surface area contributed by atoms with E-state index in [0.717, 1.165) is 51.5 Å². The van der Waals surface area contributed by atoms with Crippen LogP contribution in [-0.4, -0.2) is 74.1 Å². The van der Waals surface area contributed by atoms with Crippen molar-refractivity contribution in [3.63, 3.8) is 0 Å². The second-order valence-corrected chi connectivity index (χ2v) is 7.06. The van der Waals surface area contributed by atoms with Crippen LogP contribution < -0.4 is 4.90 Å². The van der Waals surface area contributed by atoms with E-state index in [1.165, 1.54) is 5.56 Å². The van der Waals surface area contributed by atoms with Crippen LogP contribution in [0.15, 0.2) is 24.3 Å². The molecule has 1 unspecified atom stereocenters. The van der Waals surface area contributed by atoms with Crippen LogP contribution >= 0.6 is 0 Å². The molecule has 2 saturated heterocycles. The Morgan fingerprint density at radius 1 is 1.12 bits per heavy atom. The molecule has 0 saturated carbocycles. The summed E-state index contributed by atoms with van der Waals surface area (Å²) in [5.41, 5.74) is 2.25. The SMILES string of the molecule is O=C1CC(C(=O)N2CCc3ccccc32)CN1CCN1CCOCC1. The zero-order chi connectivity index (χ0) is 17.2. The Kier molecular flexibility index (Phi) is 4.72. The molecular formula is C19H25N3O3. The maximum atomic E-state index is 12.9. The Bertz CT molecular complexity index is 657. The lowest BCUT2D eigenvalue weighted by molar-refractivity contribution is -0.128. The first kappa shape index (κ1) is 16.5. The van der Waals surface area contributed by atoms with Crippen LogP contribution in [0.2, 0.25) is 0 Å². The number of ether oxygens (including phenoxy) is 1. The molecule has 2 fully saturated rings. The largest absolute Gasteiger partial charge is 0.379 e. The Morgan fingerprint density at radius 3 is 2.76 bits per heavy atom. The van der Waals surface area contributed by atoms with Gasteiger partial charge < -0.3 is 14.5 Å². The lowest BCUT2D eigenvalue weighted by Gasteiger charge is -2.28. The Labute approximate surface area is 148 Å². The summed E-state index contributed by atoms with van der Waals surface area (Å²) in [6.45, 7) is 6.25. The van der Waals surface area contributed by atoms with Gasteiger partial charge in [0.05, 0.1) is 19.1 Å². The monoisotopic (exact) mass is 343 g/mol. The molecule has 134 valence electrons. The highest BCUT2D eigenvalue weighted by Gasteiger charge is 2.38. The van der Waals surface area contributed by atoms with Gasteiger partial charge in [-0.2, -0.15) is 0 Å². The third kappa shape index (κ3) is 3.41. The van der Waals surface area contributed by atoms with E-state index < -0.39 is 0 Å². The quantitative estimate of drug-likeness (QED) is 0.810. The van der Waals surface area contributed by atoms with Gasteiger partial charge in [-0.15, -0.1) is 0 Å². The fourth-order valence-corrected chi connectivity index (χ4v) is 4.03. The minimum atomic E-state index is -0.205. The number of nitrogens with zero attached hydrogens (tertiary/aromatic N) is 3. The number of hydrogen-bond acceptors (Lipinski definition) is 4. The smallest absolute Gasteiger partial charge is 0.232 e. The normalized spacial score (nSPS) is 24.0. The van der Waals surface area contributed by atoms with E-state index >= 15 is 0 Å². The van der Waals surface area contributed by atoms with Crippen LogP contribution in [0.1, 0.15) is 12.0 Å². The third-order valence-corrected chi connectivity index (χ3v) is 5.51. The van der Waals surface area contributed by atoms with Gasteiger partial charge in [0.15, 0.2) is 0 Å². The fourth-order valence-electron chi connectivity index (χ4n) is 4.03. The number of para-hydroxylation sites is 1. The maximum Gasteiger partial charge on any atom is 0.232 e. The first-order valence-electron chi connectivity index (χ1n) is 9.19. The minimum absolute atomic E-state index is 0.104. The molecule has 0 spiro atoms. The molecule has 0 aromatic heterocycles. The topological polar surface area (TPSA) is 53.1 Å². The number of carbonyl (C=O) groups excluding carboxylic acids is 2. The van der Waals surface area contributed by atoms with Crippen molar-refractivity contribution in [2.75, 3.05) is 57.4 Å². The highest BCUT2D eigenvalue weighted by atomic mass is 16.5. The summed E-state index contributed by atoms with van der Waals surface area (Å²) < 4.78 is 5.35. The molecule has 0 bridgehead atoms. The van der Waals surface area contributed by atoms with Crippen molar-refractivity contribution < 1.29 is 14.3 Å². The van der Waals surface area contributed by atoms with Gasteiger partial charge in [0.2, 0.25) is 11.8 Å². The molecule has 25 heavy (non-hydrogen) atoms. The molecule has 0 N–H and O–H groups in total. The Morgan fingerprint density at radius 2 is 1.92 bits per heavy atom. The summed E-state index contributed by atoms with van der Waals surface area (Å²) in [5, 5.41) is 0. The molecule has 3 heterocycles. The summed E-state index contributed by atoms with van der Waals surface area (Å²) in [5.74, 6) is 0.00890.